The summed E-state index contributed by atoms with van der Waals surface area (Å²) in [4.78, 5) is 1.33. The third-order valence-corrected chi connectivity index (χ3v) is 4.25. The van der Waals surface area contributed by atoms with Crippen molar-refractivity contribution in [3.05, 3.63) is 28.2 Å². The zero-order valence-corrected chi connectivity index (χ0v) is 12.4. The summed E-state index contributed by atoms with van der Waals surface area (Å²) >= 11 is 5.50. The normalized spacial score (nSPS) is 12.8. The minimum Gasteiger partial charge on any atom is -0.324 e. The van der Waals surface area contributed by atoms with Crippen molar-refractivity contribution < 1.29 is 0 Å². The van der Waals surface area contributed by atoms with Crippen LogP contribution >= 0.6 is 27.7 Å². The van der Waals surface area contributed by atoms with Gasteiger partial charge < -0.3 is 5.73 Å². The molecule has 1 atom stereocenters. The third kappa shape index (κ3) is 4.48. The second-order valence-corrected chi connectivity index (χ2v) is 6.05. The smallest absolute Gasteiger partial charge is 0.0277 e. The molecule has 0 saturated carbocycles. The topological polar surface area (TPSA) is 26.0 Å². The quantitative estimate of drug-likeness (QED) is 0.606. The van der Waals surface area contributed by atoms with Gasteiger partial charge in [0.2, 0.25) is 0 Å². The van der Waals surface area contributed by atoms with Crippen molar-refractivity contribution in [2.24, 2.45) is 5.73 Å². The zero-order valence-electron chi connectivity index (χ0n) is 10.0. The van der Waals surface area contributed by atoms with Gasteiger partial charge in [-0.25, -0.2) is 0 Å². The molecule has 0 aliphatic carbocycles. The first-order valence-electron chi connectivity index (χ1n) is 5.83. The summed E-state index contributed by atoms with van der Waals surface area (Å²) in [7, 11) is 0. The van der Waals surface area contributed by atoms with Gasteiger partial charge in [0.15, 0.2) is 0 Å². The van der Waals surface area contributed by atoms with E-state index in [1.54, 1.807) is 0 Å². The largest absolute Gasteiger partial charge is 0.324 e. The number of rotatable bonds is 6. The molecule has 0 unspecified atom stereocenters. The van der Waals surface area contributed by atoms with Gasteiger partial charge in [-0.2, -0.15) is 0 Å². The first-order chi connectivity index (χ1) is 7.65. The Kier molecular flexibility index (Phi) is 6.47. The molecule has 1 aromatic carbocycles. The lowest BCUT2D eigenvalue weighted by Crippen LogP contribution is -2.05. The van der Waals surface area contributed by atoms with Crippen LogP contribution in [-0.2, 0) is 0 Å². The molecule has 0 aliphatic heterocycles. The number of hydrogen-bond acceptors (Lipinski definition) is 2. The van der Waals surface area contributed by atoms with E-state index in [-0.39, 0.29) is 6.04 Å². The predicted molar refractivity (Wildman–Crippen MR) is 77.0 cm³/mol. The highest BCUT2D eigenvalue weighted by Gasteiger charge is 2.05. The van der Waals surface area contributed by atoms with Crippen molar-refractivity contribution in [1.29, 1.82) is 0 Å². The van der Waals surface area contributed by atoms with Gasteiger partial charge in [-0.1, -0.05) is 41.8 Å². The average Bonchev–Trinajstić information content (AvgIpc) is 2.24. The summed E-state index contributed by atoms with van der Waals surface area (Å²) in [5.74, 6) is 1.21. The van der Waals surface area contributed by atoms with Gasteiger partial charge in [-0.3, -0.25) is 0 Å². The third-order valence-electron chi connectivity index (χ3n) is 2.48. The fraction of sp³-hybridized carbons (Fsp3) is 0.538. The van der Waals surface area contributed by atoms with Crippen molar-refractivity contribution in [3.8, 4) is 0 Å². The summed E-state index contributed by atoms with van der Waals surface area (Å²) in [5.41, 5.74) is 7.05. The van der Waals surface area contributed by atoms with Gasteiger partial charge in [-0.05, 0) is 36.8 Å². The fourth-order valence-corrected chi connectivity index (χ4v) is 3.35. The highest BCUT2D eigenvalue weighted by Crippen LogP contribution is 2.28. The van der Waals surface area contributed by atoms with Crippen LogP contribution in [0.2, 0.25) is 0 Å². The van der Waals surface area contributed by atoms with Gasteiger partial charge in [0, 0.05) is 15.4 Å². The lowest BCUT2D eigenvalue weighted by molar-refractivity contribution is 0.778. The van der Waals surface area contributed by atoms with Gasteiger partial charge in [0.25, 0.3) is 0 Å². The van der Waals surface area contributed by atoms with E-state index in [1.807, 2.05) is 18.7 Å². The molecular formula is C13H20BrNS. The van der Waals surface area contributed by atoms with E-state index in [4.69, 9.17) is 5.73 Å². The van der Waals surface area contributed by atoms with Gasteiger partial charge >= 0.3 is 0 Å². The number of unbranched alkanes of at least 4 members (excludes halogenated alkanes) is 2. The highest BCUT2D eigenvalue weighted by molar-refractivity contribution is 9.10. The van der Waals surface area contributed by atoms with Crippen LogP contribution in [0.15, 0.2) is 27.6 Å². The maximum Gasteiger partial charge on any atom is 0.0277 e. The molecule has 0 aromatic heterocycles. The molecule has 1 rings (SSSR count). The van der Waals surface area contributed by atoms with Crippen LogP contribution in [0.1, 0.15) is 44.7 Å². The maximum absolute atomic E-state index is 5.87. The zero-order chi connectivity index (χ0) is 12.0. The van der Waals surface area contributed by atoms with Gasteiger partial charge in [0.1, 0.15) is 0 Å². The molecule has 3 heteroatoms. The van der Waals surface area contributed by atoms with E-state index in [2.05, 4.69) is 41.1 Å². The molecule has 0 saturated heterocycles. The van der Waals surface area contributed by atoms with E-state index < -0.39 is 0 Å². The molecule has 0 fully saturated rings. The summed E-state index contributed by atoms with van der Waals surface area (Å²) in [6.45, 7) is 4.24. The van der Waals surface area contributed by atoms with Gasteiger partial charge in [-0.15, -0.1) is 11.8 Å². The lowest BCUT2D eigenvalue weighted by atomic mass is 10.1. The standard InChI is InChI=1S/C13H20BrNS/c1-3-4-5-8-16-11-6-7-12(10(2)15)13(14)9-11/h6-7,9-10H,3-5,8,15H2,1-2H3/t10-/m0/s1. The lowest BCUT2D eigenvalue weighted by Gasteiger charge is -2.10. The fourth-order valence-electron chi connectivity index (χ4n) is 1.51. The number of benzene rings is 1. The van der Waals surface area contributed by atoms with Crippen LogP contribution in [0.4, 0.5) is 0 Å². The minimum atomic E-state index is 0.0912. The molecule has 0 aliphatic rings. The molecular weight excluding hydrogens is 282 g/mol. The van der Waals surface area contributed by atoms with Gasteiger partial charge in [0.05, 0.1) is 0 Å². The molecule has 0 amide bonds. The Bertz CT molecular complexity index is 326. The Morgan fingerprint density at radius 3 is 2.69 bits per heavy atom. The number of nitrogens with two attached hydrogens (primary N) is 1. The van der Waals surface area contributed by atoms with E-state index in [1.165, 1.54) is 35.5 Å². The number of hydrogen-bond donors (Lipinski definition) is 1. The maximum atomic E-state index is 5.87. The summed E-state index contributed by atoms with van der Waals surface area (Å²) in [5, 5.41) is 0. The van der Waals surface area contributed by atoms with Crippen molar-refractivity contribution >= 4 is 27.7 Å². The molecule has 2 N–H and O–H groups in total. The van der Waals surface area contributed by atoms with Crippen LogP contribution in [0, 0.1) is 0 Å². The first kappa shape index (κ1) is 14.1. The highest BCUT2D eigenvalue weighted by atomic mass is 79.9. The number of thioether (sulfide) groups is 1. The molecule has 0 spiro atoms. The monoisotopic (exact) mass is 301 g/mol. The summed E-state index contributed by atoms with van der Waals surface area (Å²) in [6, 6.07) is 6.56. The molecule has 0 radical (unpaired) electrons. The van der Waals surface area contributed by atoms with Crippen LogP contribution in [0.25, 0.3) is 0 Å². The summed E-state index contributed by atoms with van der Waals surface area (Å²) < 4.78 is 1.13. The Labute approximate surface area is 111 Å². The van der Waals surface area contributed by atoms with Crippen molar-refractivity contribution in [1.82, 2.24) is 0 Å². The van der Waals surface area contributed by atoms with Crippen molar-refractivity contribution in [3.63, 3.8) is 0 Å². The number of halogens is 1. The average molecular weight is 302 g/mol. The Morgan fingerprint density at radius 1 is 1.38 bits per heavy atom. The Hall–Kier alpha value is 0.01000. The van der Waals surface area contributed by atoms with Crippen LogP contribution < -0.4 is 5.73 Å². The van der Waals surface area contributed by atoms with Crippen LogP contribution in [0.3, 0.4) is 0 Å². The summed E-state index contributed by atoms with van der Waals surface area (Å²) in [6.07, 6.45) is 3.91. The first-order valence-corrected chi connectivity index (χ1v) is 7.60. The van der Waals surface area contributed by atoms with Crippen LogP contribution in [-0.4, -0.2) is 5.75 Å². The van der Waals surface area contributed by atoms with E-state index >= 15 is 0 Å². The predicted octanol–water partition coefficient (Wildman–Crippen LogP) is 4.75. The van der Waals surface area contributed by atoms with E-state index in [0.717, 1.165) is 4.47 Å². The second-order valence-electron chi connectivity index (χ2n) is 4.03. The molecule has 90 valence electrons. The Morgan fingerprint density at radius 2 is 2.12 bits per heavy atom. The SMILES string of the molecule is CCCCCSc1ccc([C@H](C)N)c(Br)c1. The van der Waals surface area contributed by atoms with E-state index in [9.17, 15) is 0 Å². The molecule has 1 nitrogen and oxygen atoms in total. The van der Waals surface area contributed by atoms with E-state index in [0.29, 0.717) is 0 Å². The molecule has 16 heavy (non-hydrogen) atoms. The molecule has 1 aromatic rings. The Balaban J connectivity index is 2.53. The second kappa shape index (κ2) is 7.36. The van der Waals surface area contributed by atoms with Crippen LogP contribution in [0.5, 0.6) is 0 Å². The molecule has 0 bridgehead atoms. The minimum absolute atomic E-state index is 0.0912. The molecule has 0 heterocycles. The van der Waals surface area contributed by atoms with Crippen molar-refractivity contribution in [2.75, 3.05) is 5.75 Å². The van der Waals surface area contributed by atoms with Crippen molar-refractivity contribution in [2.45, 2.75) is 44.0 Å².